The number of ether oxygens (including phenoxy) is 2. The number of hydrogen-bond acceptors (Lipinski definition) is 6. The normalized spacial score (nSPS) is 14.4. The summed E-state index contributed by atoms with van der Waals surface area (Å²) in [7, 11) is -3.53. The van der Waals surface area contributed by atoms with Gasteiger partial charge in [-0.05, 0) is 32.4 Å². The molecular formula is C20H31N3O6S. The Labute approximate surface area is 178 Å². The Morgan fingerprint density at radius 3 is 2.27 bits per heavy atom. The lowest BCUT2D eigenvalue weighted by atomic mass is 10.2. The second-order valence-electron chi connectivity index (χ2n) is 6.91. The van der Waals surface area contributed by atoms with E-state index in [1.165, 1.54) is 4.31 Å². The lowest BCUT2D eigenvalue weighted by Crippen LogP contribution is -2.50. The molecule has 0 bridgehead atoms. The minimum atomic E-state index is -3.53. The summed E-state index contributed by atoms with van der Waals surface area (Å²) in [5.74, 6) is 0.442. The number of anilines is 1. The van der Waals surface area contributed by atoms with Gasteiger partial charge in [-0.2, -0.15) is 0 Å². The molecule has 0 N–H and O–H groups in total. The van der Waals surface area contributed by atoms with Gasteiger partial charge in [0.1, 0.15) is 5.75 Å². The molecule has 1 saturated heterocycles. The first-order valence-corrected chi connectivity index (χ1v) is 12.0. The molecule has 30 heavy (non-hydrogen) atoms. The summed E-state index contributed by atoms with van der Waals surface area (Å²) in [6.07, 6.45) is 1.39. The van der Waals surface area contributed by atoms with Gasteiger partial charge in [-0.25, -0.2) is 13.2 Å². The van der Waals surface area contributed by atoms with E-state index in [0.717, 1.165) is 6.26 Å². The molecule has 1 heterocycles. The first kappa shape index (κ1) is 23.8. The van der Waals surface area contributed by atoms with E-state index >= 15 is 0 Å². The SMILES string of the molecule is CCOC(=O)N1CCN(C(=O)CCCN(c2ccccc2OCC)S(C)(=O)=O)CC1. The van der Waals surface area contributed by atoms with Crippen molar-refractivity contribution < 1.29 is 27.5 Å². The van der Waals surface area contributed by atoms with Crippen LogP contribution in [0.3, 0.4) is 0 Å². The summed E-state index contributed by atoms with van der Waals surface area (Å²) in [5.41, 5.74) is 0.470. The number of carbonyl (C=O) groups excluding carboxylic acids is 2. The standard InChI is InChI=1S/C20H31N3O6S/c1-4-28-18-10-7-6-9-17(18)23(30(3,26)27)12-8-11-19(24)21-13-15-22(16-14-21)20(25)29-5-2/h6-7,9-10H,4-5,8,11-16H2,1-3H3. The third-order valence-corrected chi connectivity index (χ3v) is 5.92. The van der Waals surface area contributed by atoms with E-state index in [-0.39, 0.29) is 25.0 Å². The highest BCUT2D eigenvalue weighted by atomic mass is 32.2. The van der Waals surface area contributed by atoms with Crippen LogP contribution in [0.4, 0.5) is 10.5 Å². The Hall–Kier alpha value is -2.49. The number of carbonyl (C=O) groups is 2. The van der Waals surface area contributed by atoms with Gasteiger partial charge in [-0.3, -0.25) is 9.10 Å². The first-order chi connectivity index (χ1) is 14.3. The molecule has 0 saturated carbocycles. The predicted molar refractivity (Wildman–Crippen MR) is 114 cm³/mol. The van der Waals surface area contributed by atoms with Crippen LogP contribution in [0.1, 0.15) is 26.7 Å². The van der Waals surface area contributed by atoms with Crippen LogP contribution in [0.25, 0.3) is 0 Å². The minimum Gasteiger partial charge on any atom is -0.492 e. The number of rotatable bonds is 9. The van der Waals surface area contributed by atoms with Gasteiger partial charge in [0.2, 0.25) is 15.9 Å². The highest BCUT2D eigenvalue weighted by molar-refractivity contribution is 7.92. The maximum absolute atomic E-state index is 12.5. The molecular weight excluding hydrogens is 410 g/mol. The van der Waals surface area contributed by atoms with Crippen LogP contribution < -0.4 is 9.04 Å². The van der Waals surface area contributed by atoms with E-state index < -0.39 is 10.0 Å². The van der Waals surface area contributed by atoms with Crippen molar-refractivity contribution in [3.63, 3.8) is 0 Å². The average Bonchev–Trinajstić information content (AvgIpc) is 2.71. The van der Waals surface area contributed by atoms with E-state index in [0.29, 0.717) is 57.3 Å². The van der Waals surface area contributed by atoms with Crippen molar-refractivity contribution in [2.45, 2.75) is 26.7 Å². The van der Waals surface area contributed by atoms with Crippen molar-refractivity contribution in [1.82, 2.24) is 9.80 Å². The van der Waals surface area contributed by atoms with Gasteiger partial charge < -0.3 is 19.3 Å². The van der Waals surface area contributed by atoms with E-state index in [4.69, 9.17) is 9.47 Å². The van der Waals surface area contributed by atoms with E-state index in [1.54, 1.807) is 41.0 Å². The topological polar surface area (TPSA) is 96.5 Å². The number of amides is 2. The molecule has 1 aliphatic heterocycles. The van der Waals surface area contributed by atoms with Gasteiger partial charge in [0.05, 0.1) is 25.2 Å². The molecule has 2 rings (SSSR count). The maximum Gasteiger partial charge on any atom is 0.409 e. The Morgan fingerprint density at radius 1 is 1.03 bits per heavy atom. The molecule has 9 nitrogen and oxygen atoms in total. The fraction of sp³-hybridized carbons (Fsp3) is 0.600. The van der Waals surface area contributed by atoms with Gasteiger partial charge in [-0.1, -0.05) is 12.1 Å². The zero-order valence-corrected chi connectivity index (χ0v) is 18.7. The molecule has 0 spiro atoms. The summed E-state index contributed by atoms with van der Waals surface area (Å²) in [4.78, 5) is 27.6. The number of piperazine rings is 1. The molecule has 0 radical (unpaired) electrons. The fourth-order valence-electron chi connectivity index (χ4n) is 3.29. The molecule has 0 aromatic heterocycles. The first-order valence-electron chi connectivity index (χ1n) is 10.2. The molecule has 1 aliphatic rings. The molecule has 10 heteroatoms. The van der Waals surface area contributed by atoms with E-state index in [2.05, 4.69) is 0 Å². The number of hydrogen-bond donors (Lipinski definition) is 0. The summed E-state index contributed by atoms with van der Waals surface area (Å²) in [6.45, 7) is 6.26. The summed E-state index contributed by atoms with van der Waals surface area (Å²) >= 11 is 0. The highest BCUT2D eigenvalue weighted by Crippen LogP contribution is 2.30. The molecule has 168 valence electrons. The maximum atomic E-state index is 12.5. The molecule has 0 aliphatic carbocycles. The highest BCUT2D eigenvalue weighted by Gasteiger charge is 2.25. The zero-order valence-electron chi connectivity index (χ0n) is 17.9. The Bertz CT molecular complexity index is 822. The van der Waals surface area contributed by atoms with Crippen LogP contribution >= 0.6 is 0 Å². The molecule has 0 atom stereocenters. The van der Waals surface area contributed by atoms with Crippen molar-refractivity contribution in [2.24, 2.45) is 0 Å². The summed E-state index contributed by atoms with van der Waals surface area (Å²) < 4.78 is 36.5. The molecule has 1 aromatic carbocycles. The molecule has 0 unspecified atom stereocenters. The molecule has 2 amide bonds. The smallest absolute Gasteiger partial charge is 0.409 e. The third kappa shape index (κ3) is 6.51. The molecule has 1 fully saturated rings. The zero-order chi connectivity index (χ0) is 22.1. The number of sulfonamides is 1. The third-order valence-electron chi connectivity index (χ3n) is 4.74. The van der Waals surface area contributed by atoms with Crippen LogP contribution in [-0.4, -0.2) is 82.4 Å². The van der Waals surface area contributed by atoms with Gasteiger partial charge in [-0.15, -0.1) is 0 Å². The minimum absolute atomic E-state index is 0.0509. The lowest BCUT2D eigenvalue weighted by Gasteiger charge is -2.34. The average molecular weight is 442 g/mol. The quantitative estimate of drug-likeness (QED) is 0.581. The van der Waals surface area contributed by atoms with Crippen LogP contribution in [0.5, 0.6) is 5.75 Å². The van der Waals surface area contributed by atoms with Gasteiger partial charge in [0.15, 0.2) is 0 Å². The number of nitrogens with zero attached hydrogens (tertiary/aromatic N) is 3. The van der Waals surface area contributed by atoms with Gasteiger partial charge >= 0.3 is 6.09 Å². The van der Waals surface area contributed by atoms with Crippen LogP contribution in [0.15, 0.2) is 24.3 Å². The van der Waals surface area contributed by atoms with Crippen molar-refractivity contribution in [2.75, 3.05) is 56.5 Å². The van der Waals surface area contributed by atoms with E-state index in [1.807, 2.05) is 6.92 Å². The second kappa shape index (κ2) is 11.1. The fourth-order valence-corrected chi connectivity index (χ4v) is 4.26. The van der Waals surface area contributed by atoms with Crippen molar-refractivity contribution in [3.8, 4) is 5.75 Å². The van der Waals surface area contributed by atoms with Crippen LogP contribution in [0, 0.1) is 0 Å². The largest absolute Gasteiger partial charge is 0.492 e. The van der Waals surface area contributed by atoms with Crippen molar-refractivity contribution in [1.29, 1.82) is 0 Å². The monoisotopic (exact) mass is 441 g/mol. The number of para-hydroxylation sites is 2. The Kier molecular flexibility index (Phi) is 8.76. The van der Waals surface area contributed by atoms with Crippen LogP contribution in [0.2, 0.25) is 0 Å². The Morgan fingerprint density at radius 2 is 1.67 bits per heavy atom. The lowest BCUT2D eigenvalue weighted by molar-refractivity contribution is -0.132. The van der Waals surface area contributed by atoms with Gasteiger partial charge in [0.25, 0.3) is 0 Å². The second-order valence-corrected chi connectivity index (χ2v) is 8.81. The summed E-state index contributed by atoms with van der Waals surface area (Å²) in [6, 6.07) is 6.96. The van der Waals surface area contributed by atoms with Crippen molar-refractivity contribution in [3.05, 3.63) is 24.3 Å². The van der Waals surface area contributed by atoms with Crippen LogP contribution in [-0.2, 0) is 19.6 Å². The van der Waals surface area contributed by atoms with Gasteiger partial charge in [0, 0.05) is 39.1 Å². The summed E-state index contributed by atoms with van der Waals surface area (Å²) in [5, 5.41) is 0. The molecule has 1 aromatic rings. The Balaban J connectivity index is 1.92. The van der Waals surface area contributed by atoms with E-state index in [9.17, 15) is 18.0 Å². The number of benzene rings is 1. The predicted octanol–water partition coefficient (Wildman–Crippen LogP) is 1.93. The van der Waals surface area contributed by atoms with Crippen molar-refractivity contribution >= 4 is 27.7 Å².